The third kappa shape index (κ3) is 5.76. The van der Waals surface area contributed by atoms with Gasteiger partial charge in [0.1, 0.15) is 5.00 Å². The summed E-state index contributed by atoms with van der Waals surface area (Å²) in [7, 11) is -3.59. The van der Waals surface area contributed by atoms with Crippen LogP contribution in [0, 0.1) is 5.92 Å². The highest BCUT2D eigenvalue weighted by Crippen LogP contribution is 2.38. The number of nitrogens with one attached hydrogen (secondary N) is 1. The Labute approximate surface area is 215 Å². The van der Waals surface area contributed by atoms with Crippen molar-refractivity contribution >= 4 is 50.0 Å². The molecule has 1 saturated heterocycles. The number of thioether (sulfide) groups is 1. The van der Waals surface area contributed by atoms with Crippen LogP contribution in [0.25, 0.3) is 0 Å². The lowest BCUT2D eigenvalue weighted by molar-refractivity contribution is -0.120. The predicted octanol–water partition coefficient (Wildman–Crippen LogP) is 4.96. The fraction of sp³-hybridized carbons (Fsp3) is 0.520. The normalized spacial score (nSPS) is 17.4. The van der Waals surface area contributed by atoms with Crippen molar-refractivity contribution in [1.82, 2.24) is 4.31 Å². The van der Waals surface area contributed by atoms with Crippen LogP contribution in [0.15, 0.2) is 34.1 Å². The van der Waals surface area contributed by atoms with Gasteiger partial charge in [0.15, 0.2) is 0 Å². The van der Waals surface area contributed by atoms with Crippen LogP contribution in [0.3, 0.4) is 0 Å². The van der Waals surface area contributed by atoms with Crippen molar-refractivity contribution in [3.8, 4) is 0 Å². The summed E-state index contributed by atoms with van der Waals surface area (Å²) in [4.78, 5) is 28.3. The first kappa shape index (κ1) is 26.2. The lowest BCUT2D eigenvalue weighted by Gasteiger charge is -2.30. The second kappa shape index (κ2) is 11.5. The maximum Gasteiger partial charge on any atom is 0.341 e. The van der Waals surface area contributed by atoms with E-state index in [9.17, 15) is 18.0 Å². The summed E-state index contributed by atoms with van der Waals surface area (Å²) in [6.07, 6.45) is 7.80. The number of sulfonamides is 1. The Bertz CT molecular complexity index is 1170. The molecule has 35 heavy (non-hydrogen) atoms. The molecule has 1 N–H and O–H groups in total. The largest absolute Gasteiger partial charge is 0.462 e. The van der Waals surface area contributed by atoms with Gasteiger partial charge < -0.3 is 10.1 Å². The molecular weight excluding hydrogens is 504 g/mol. The number of hydrogen-bond donors (Lipinski definition) is 1. The first-order valence-corrected chi connectivity index (χ1v) is 15.6. The van der Waals surface area contributed by atoms with Gasteiger partial charge in [-0.2, -0.15) is 4.31 Å². The summed E-state index contributed by atoms with van der Waals surface area (Å²) in [5.74, 6) is -0.846. The van der Waals surface area contributed by atoms with Crippen LogP contribution in [-0.2, 0) is 32.4 Å². The molecule has 4 rings (SSSR count). The Kier molecular flexibility index (Phi) is 8.57. The summed E-state index contributed by atoms with van der Waals surface area (Å²) in [5.41, 5.74) is 1.53. The van der Waals surface area contributed by atoms with Crippen molar-refractivity contribution in [2.45, 2.75) is 61.7 Å². The van der Waals surface area contributed by atoms with Gasteiger partial charge in [-0.15, -0.1) is 23.1 Å². The Balaban J connectivity index is 1.44. The van der Waals surface area contributed by atoms with Gasteiger partial charge in [-0.1, -0.05) is 6.42 Å². The minimum atomic E-state index is -3.59. The Morgan fingerprint density at radius 3 is 2.46 bits per heavy atom. The van der Waals surface area contributed by atoms with Crippen molar-refractivity contribution < 1.29 is 22.7 Å². The third-order valence-corrected chi connectivity index (χ3v) is 10.5. The van der Waals surface area contributed by atoms with E-state index in [2.05, 4.69) is 5.32 Å². The zero-order valence-corrected chi connectivity index (χ0v) is 22.6. The highest BCUT2D eigenvalue weighted by Gasteiger charge is 2.33. The van der Waals surface area contributed by atoms with Crippen LogP contribution >= 0.6 is 23.1 Å². The van der Waals surface area contributed by atoms with Crippen molar-refractivity contribution in [3.05, 3.63) is 40.3 Å². The Hall–Kier alpha value is -1.88. The number of rotatable bonds is 7. The van der Waals surface area contributed by atoms with E-state index >= 15 is 0 Å². The quantitative estimate of drug-likeness (QED) is 0.306. The molecule has 0 spiro atoms. The minimum Gasteiger partial charge on any atom is -0.462 e. The van der Waals surface area contributed by atoms with Gasteiger partial charge in [-0.3, -0.25) is 4.79 Å². The predicted molar refractivity (Wildman–Crippen MR) is 140 cm³/mol. The van der Waals surface area contributed by atoms with E-state index in [0.29, 0.717) is 23.4 Å². The second-order valence-corrected chi connectivity index (χ2v) is 12.8. The smallest absolute Gasteiger partial charge is 0.341 e. The molecule has 7 nitrogen and oxygen atoms in total. The molecule has 2 aliphatic rings. The van der Waals surface area contributed by atoms with Gasteiger partial charge in [0.25, 0.3) is 0 Å². The highest BCUT2D eigenvalue weighted by atomic mass is 32.2. The SMILES string of the molecule is CCOC(=O)c1c(NC(=O)C2CCN(S(=O)(=O)c3ccc(SC)cc3)CC2)sc2c1CCCCC2. The van der Waals surface area contributed by atoms with E-state index in [4.69, 9.17) is 4.74 Å². The number of esters is 1. The second-order valence-electron chi connectivity index (χ2n) is 8.83. The zero-order chi connectivity index (χ0) is 25.0. The Morgan fingerprint density at radius 1 is 1.11 bits per heavy atom. The number of thiophene rings is 1. The molecule has 0 saturated carbocycles. The molecule has 0 bridgehead atoms. The molecule has 2 heterocycles. The average Bonchev–Trinajstić information content (AvgIpc) is 3.04. The number of nitrogens with zero attached hydrogens (tertiary/aromatic N) is 1. The van der Waals surface area contributed by atoms with E-state index in [0.717, 1.165) is 47.4 Å². The van der Waals surface area contributed by atoms with Crippen molar-refractivity contribution in [2.75, 3.05) is 31.3 Å². The third-order valence-electron chi connectivity index (χ3n) is 6.66. The summed E-state index contributed by atoms with van der Waals surface area (Å²) in [6, 6.07) is 6.89. The van der Waals surface area contributed by atoms with Crippen LogP contribution < -0.4 is 5.32 Å². The number of piperidine rings is 1. The van der Waals surface area contributed by atoms with Crippen LogP contribution in [0.5, 0.6) is 0 Å². The van der Waals surface area contributed by atoms with Gasteiger partial charge in [0, 0.05) is 28.8 Å². The van der Waals surface area contributed by atoms with Crippen LogP contribution in [0.2, 0.25) is 0 Å². The molecule has 0 unspecified atom stereocenters. The van der Waals surface area contributed by atoms with Crippen molar-refractivity contribution in [2.24, 2.45) is 5.92 Å². The number of anilines is 1. The van der Waals surface area contributed by atoms with Gasteiger partial charge >= 0.3 is 5.97 Å². The van der Waals surface area contributed by atoms with E-state index in [1.807, 2.05) is 18.4 Å². The summed E-state index contributed by atoms with van der Waals surface area (Å²) in [6.45, 7) is 2.64. The number of aryl methyl sites for hydroxylation is 1. The molecule has 1 aromatic heterocycles. The molecule has 10 heteroatoms. The average molecular weight is 537 g/mol. The number of hydrogen-bond acceptors (Lipinski definition) is 7. The maximum absolute atomic E-state index is 13.2. The van der Waals surface area contributed by atoms with Crippen molar-refractivity contribution in [3.63, 3.8) is 0 Å². The molecule has 1 amide bonds. The van der Waals surface area contributed by atoms with E-state index in [-0.39, 0.29) is 42.4 Å². The Morgan fingerprint density at radius 2 is 1.80 bits per heavy atom. The monoisotopic (exact) mass is 536 g/mol. The summed E-state index contributed by atoms with van der Waals surface area (Å²) >= 11 is 3.05. The van der Waals surface area contributed by atoms with E-state index < -0.39 is 10.0 Å². The van der Waals surface area contributed by atoms with Crippen LogP contribution in [0.4, 0.5) is 5.00 Å². The molecule has 1 aromatic carbocycles. The number of amides is 1. The minimum absolute atomic E-state index is 0.159. The number of carbonyl (C=O) groups is 2. The number of carbonyl (C=O) groups excluding carboxylic acids is 2. The standard InChI is InChI=1S/C25H32N2O5S3/c1-3-32-25(29)22-20-7-5-4-6-8-21(20)34-24(22)26-23(28)17-13-15-27(16-14-17)35(30,31)19-11-9-18(33-2)10-12-19/h9-12,17H,3-8,13-16H2,1-2H3,(H,26,28). The molecule has 1 aliphatic heterocycles. The fourth-order valence-corrected chi connectivity index (χ4v) is 7.88. The molecule has 1 fully saturated rings. The van der Waals surface area contributed by atoms with Crippen LogP contribution in [0.1, 0.15) is 59.8 Å². The van der Waals surface area contributed by atoms with Crippen molar-refractivity contribution in [1.29, 1.82) is 0 Å². The van der Waals surface area contributed by atoms with Gasteiger partial charge in [-0.05, 0) is 81.5 Å². The number of benzene rings is 1. The number of ether oxygens (including phenoxy) is 1. The molecule has 0 radical (unpaired) electrons. The first-order chi connectivity index (χ1) is 16.8. The summed E-state index contributed by atoms with van der Waals surface area (Å²) < 4.78 is 32.9. The molecular formula is C25H32N2O5S3. The number of fused-ring (bicyclic) bond motifs is 1. The maximum atomic E-state index is 13.2. The zero-order valence-electron chi connectivity index (χ0n) is 20.2. The molecule has 1 aliphatic carbocycles. The first-order valence-electron chi connectivity index (χ1n) is 12.1. The molecule has 0 atom stereocenters. The van der Waals surface area contributed by atoms with Crippen LogP contribution in [-0.4, -0.2) is 50.6 Å². The van der Waals surface area contributed by atoms with E-state index in [1.165, 1.54) is 15.6 Å². The molecule has 190 valence electrons. The topological polar surface area (TPSA) is 92.8 Å². The lowest BCUT2D eigenvalue weighted by atomic mass is 9.97. The van der Waals surface area contributed by atoms with Gasteiger partial charge in [-0.25, -0.2) is 13.2 Å². The van der Waals surface area contributed by atoms with Gasteiger partial charge in [0.05, 0.1) is 17.1 Å². The fourth-order valence-electron chi connectivity index (χ4n) is 4.72. The summed E-state index contributed by atoms with van der Waals surface area (Å²) in [5, 5.41) is 3.58. The molecule has 2 aromatic rings. The lowest BCUT2D eigenvalue weighted by Crippen LogP contribution is -2.41. The van der Waals surface area contributed by atoms with Gasteiger partial charge in [0.2, 0.25) is 15.9 Å². The van der Waals surface area contributed by atoms with E-state index in [1.54, 1.807) is 30.8 Å². The highest BCUT2D eigenvalue weighted by molar-refractivity contribution is 7.98.